The third-order valence-corrected chi connectivity index (χ3v) is 4.25. The minimum atomic E-state index is 0. The van der Waals surface area contributed by atoms with Crippen LogP contribution in [-0.4, -0.2) is 51.9 Å². The van der Waals surface area contributed by atoms with Crippen LogP contribution in [0.15, 0.2) is 35.3 Å². The highest BCUT2D eigenvalue weighted by atomic mass is 127. The van der Waals surface area contributed by atoms with Gasteiger partial charge in [0, 0.05) is 45.0 Å². The fourth-order valence-corrected chi connectivity index (χ4v) is 2.80. The Morgan fingerprint density at radius 2 is 2.04 bits per heavy atom. The Morgan fingerprint density at radius 3 is 2.72 bits per heavy atom. The summed E-state index contributed by atoms with van der Waals surface area (Å²) in [6, 6.07) is 11.0. The Kier molecular flexibility index (Phi) is 10.9. The standard InChI is InChI=1S/C19H32N4O.HI/c1-16(2)10-13-24-14-11-21-19(20-3)22-17-9-12-23(15-17)18-7-5-4-6-8-18;/h4-8,16-17H,9-15H2,1-3H3,(H2,20,21,22);1H. The number of benzene rings is 1. The molecule has 0 amide bonds. The Hall–Kier alpha value is -1.02. The molecule has 1 fully saturated rings. The highest BCUT2D eigenvalue weighted by molar-refractivity contribution is 14.0. The molecular formula is C19H33IN4O. The molecule has 0 spiro atoms. The molecule has 0 aromatic heterocycles. The molecule has 0 bridgehead atoms. The van der Waals surface area contributed by atoms with Crippen LogP contribution in [-0.2, 0) is 4.74 Å². The Balaban J connectivity index is 0.00000312. The van der Waals surface area contributed by atoms with Crippen molar-refractivity contribution in [3.63, 3.8) is 0 Å². The third-order valence-electron chi connectivity index (χ3n) is 4.25. The molecule has 5 nitrogen and oxygen atoms in total. The van der Waals surface area contributed by atoms with Gasteiger partial charge in [-0.05, 0) is 30.9 Å². The van der Waals surface area contributed by atoms with Gasteiger partial charge < -0.3 is 20.3 Å². The second kappa shape index (κ2) is 12.4. The number of halogens is 1. The predicted octanol–water partition coefficient (Wildman–Crippen LogP) is 3.11. The van der Waals surface area contributed by atoms with Crippen LogP contribution in [0.25, 0.3) is 0 Å². The number of rotatable bonds is 8. The summed E-state index contributed by atoms with van der Waals surface area (Å²) in [5.74, 6) is 1.56. The van der Waals surface area contributed by atoms with Gasteiger partial charge in [0.25, 0.3) is 0 Å². The van der Waals surface area contributed by atoms with Crippen molar-refractivity contribution in [1.29, 1.82) is 0 Å². The molecule has 25 heavy (non-hydrogen) atoms. The van der Waals surface area contributed by atoms with Gasteiger partial charge in [0.2, 0.25) is 0 Å². The zero-order valence-corrected chi connectivity index (χ0v) is 18.0. The monoisotopic (exact) mass is 460 g/mol. The number of nitrogens with one attached hydrogen (secondary N) is 2. The summed E-state index contributed by atoms with van der Waals surface area (Å²) in [4.78, 5) is 6.73. The van der Waals surface area contributed by atoms with E-state index in [0.29, 0.717) is 18.6 Å². The van der Waals surface area contributed by atoms with Crippen molar-refractivity contribution in [2.24, 2.45) is 10.9 Å². The minimum absolute atomic E-state index is 0. The Labute approximate surface area is 169 Å². The van der Waals surface area contributed by atoms with Crippen LogP contribution >= 0.6 is 24.0 Å². The molecule has 0 aliphatic carbocycles. The van der Waals surface area contributed by atoms with E-state index in [4.69, 9.17) is 4.74 Å². The van der Waals surface area contributed by atoms with Crippen molar-refractivity contribution >= 4 is 35.6 Å². The smallest absolute Gasteiger partial charge is 0.191 e. The summed E-state index contributed by atoms with van der Waals surface area (Å²) in [7, 11) is 1.82. The third kappa shape index (κ3) is 8.27. The lowest BCUT2D eigenvalue weighted by Gasteiger charge is -2.20. The van der Waals surface area contributed by atoms with Gasteiger partial charge in [-0.25, -0.2) is 0 Å². The molecular weight excluding hydrogens is 427 g/mol. The van der Waals surface area contributed by atoms with Gasteiger partial charge in [-0.2, -0.15) is 0 Å². The van der Waals surface area contributed by atoms with Crippen LogP contribution in [0.2, 0.25) is 0 Å². The van der Waals surface area contributed by atoms with Crippen LogP contribution in [0.1, 0.15) is 26.7 Å². The first kappa shape index (κ1) is 22.0. The largest absolute Gasteiger partial charge is 0.380 e. The normalized spacial score (nSPS) is 17.5. The molecule has 1 aliphatic rings. The van der Waals surface area contributed by atoms with Crippen LogP contribution in [0.5, 0.6) is 0 Å². The molecule has 1 saturated heterocycles. The summed E-state index contributed by atoms with van der Waals surface area (Å²) in [6.07, 6.45) is 2.24. The van der Waals surface area contributed by atoms with E-state index >= 15 is 0 Å². The number of aliphatic imine (C=N–C) groups is 1. The van der Waals surface area contributed by atoms with Gasteiger partial charge in [-0.1, -0.05) is 32.0 Å². The summed E-state index contributed by atoms with van der Waals surface area (Å²) in [6.45, 7) is 8.86. The van der Waals surface area contributed by atoms with Gasteiger partial charge in [-0.3, -0.25) is 4.99 Å². The van der Waals surface area contributed by atoms with Gasteiger partial charge >= 0.3 is 0 Å². The van der Waals surface area contributed by atoms with Gasteiger partial charge in [0.05, 0.1) is 6.61 Å². The quantitative estimate of drug-likeness (QED) is 0.271. The number of ether oxygens (including phenoxy) is 1. The number of nitrogens with zero attached hydrogens (tertiary/aromatic N) is 2. The van der Waals surface area contributed by atoms with Crippen LogP contribution in [0, 0.1) is 5.92 Å². The first-order chi connectivity index (χ1) is 11.7. The average molecular weight is 460 g/mol. The number of anilines is 1. The molecule has 1 aliphatic heterocycles. The average Bonchev–Trinajstić information content (AvgIpc) is 3.06. The lowest BCUT2D eigenvalue weighted by molar-refractivity contribution is 0.128. The molecule has 142 valence electrons. The van der Waals surface area contributed by atoms with Gasteiger partial charge in [0.1, 0.15) is 0 Å². The van der Waals surface area contributed by atoms with Gasteiger partial charge in [-0.15, -0.1) is 24.0 Å². The Bertz CT molecular complexity index is 495. The Morgan fingerprint density at radius 1 is 1.28 bits per heavy atom. The summed E-state index contributed by atoms with van der Waals surface area (Å²) in [5.41, 5.74) is 1.29. The molecule has 1 aromatic carbocycles. The van der Waals surface area contributed by atoms with Crippen LogP contribution < -0.4 is 15.5 Å². The van der Waals surface area contributed by atoms with Crippen molar-refractivity contribution in [2.75, 3.05) is 44.8 Å². The predicted molar refractivity (Wildman–Crippen MR) is 117 cm³/mol. The minimum Gasteiger partial charge on any atom is -0.380 e. The maximum atomic E-state index is 5.63. The molecule has 1 atom stereocenters. The molecule has 2 N–H and O–H groups in total. The SMILES string of the molecule is CN=C(NCCOCCC(C)C)NC1CCN(c2ccccc2)C1.I. The van der Waals surface area contributed by atoms with Gasteiger partial charge in [0.15, 0.2) is 5.96 Å². The molecule has 1 aromatic rings. The van der Waals surface area contributed by atoms with Crippen molar-refractivity contribution < 1.29 is 4.74 Å². The first-order valence-corrected chi connectivity index (χ1v) is 9.04. The lowest BCUT2D eigenvalue weighted by atomic mass is 10.1. The van der Waals surface area contributed by atoms with E-state index in [0.717, 1.165) is 45.0 Å². The van der Waals surface area contributed by atoms with Crippen molar-refractivity contribution in [3.05, 3.63) is 30.3 Å². The topological polar surface area (TPSA) is 48.9 Å². The second-order valence-electron chi connectivity index (χ2n) is 6.71. The number of hydrogen-bond acceptors (Lipinski definition) is 3. The van der Waals surface area contributed by atoms with E-state index in [2.05, 4.69) is 64.7 Å². The molecule has 0 saturated carbocycles. The zero-order chi connectivity index (χ0) is 17.2. The maximum absolute atomic E-state index is 5.63. The summed E-state index contributed by atoms with van der Waals surface area (Å²) < 4.78 is 5.63. The maximum Gasteiger partial charge on any atom is 0.191 e. The molecule has 0 radical (unpaired) electrons. The lowest BCUT2D eigenvalue weighted by Crippen LogP contribution is -2.45. The summed E-state index contributed by atoms with van der Waals surface area (Å²) >= 11 is 0. The second-order valence-corrected chi connectivity index (χ2v) is 6.71. The molecule has 6 heteroatoms. The highest BCUT2D eigenvalue weighted by Gasteiger charge is 2.23. The molecule has 1 heterocycles. The van der Waals surface area contributed by atoms with E-state index in [1.165, 1.54) is 5.69 Å². The molecule has 2 rings (SSSR count). The van der Waals surface area contributed by atoms with E-state index in [-0.39, 0.29) is 24.0 Å². The van der Waals surface area contributed by atoms with E-state index in [1.54, 1.807) is 0 Å². The number of guanidine groups is 1. The fourth-order valence-electron chi connectivity index (χ4n) is 2.80. The highest BCUT2D eigenvalue weighted by Crippen LogP contribution is 2.19. The number of para-hydroxylation sites is 1. The number of hydrogen-bond donors (Lipinski definition) is 2. The van der Waals surface area contributed by atoms with E-state index in [9.17, 15) is 0 Å². The van der Waals surface area contributed by atoms with Crippen molar-refractivity contribution in [1.82, 2.24) is 10.6 Å². The fraction of sp³-hybridized carbons (Fsp3) is 0.632. The summed E-state index contributed by atoms with van der Waals surface area (Å²) in [5, 5.41) is 6.85. The van der Waals surface area contributed by atoms with Crippen molar-refractivity contribution in [3.8, 4) is 0 Å². The van der Waals surface area contributed by atoms with E-state index < -0.39 is 0 Å². The van der Waals surface area contributed by atoms with Crippen molar-refractivity contribution in [2.45, 2.75) is 32.7 Å². The first-order valence-electron chi connectivity index (χ1n) is 9.04. The zero-order valence-electron chi connectivity index (χ0n) is 15.7. The van der Waals surface area contributed by atoms with Crippen LogP contribution in [0.3, 0.4) is 0 Å². The molecule has 1 unspecified atom stereocenters. The van der Waals surface area contributed by atoms with E-state index in [1.807, 2.05) is 7.05 Å². The van der Waals surface area contributed by atoms with Crippen LogP contribution in [0.4, 0.5) is 5.69 Å².